The van der Waals surface area contributed by atoms with Gasteiger partial charge in [-0.1, -0.05) is 42.5 Å². The number of aromatic nitrogens is 2. The molecule has 0 fully saturated rings. The Labute approximate surface area is 163 Å². The zero-order valence-corrected chi connectivity index (χ0v) is 15.9. The highest BCUT2D eigenvalue weighted by molar-refractivity contribution is 7.17. The van der Waals surface area contributed by atoms with Gasteiger partial charge in [0, 0.05) is 37.0 Å². The van der Waals surface area contributed by atoms with Crippen LogP contribution in [0.5, 0.6) is 0 Å². The molecule has 3 rings (SSSR count). The summed E-state index contributed by atoms with van der Waals surface area (Å²) in [5.74, 6) is 0.813. The third-order valence-electron chi connectivity index (χ3n) is 4.14. The van der Waals surface area contributed by atoms with Crippen LogP contribution in [0.3, 0.4) is 0 Å². The van der Waals surface area contributed by atoms with Crippen molar-refractivity contribution in [3.63, 3.8) is 0 Å². The molecule has 0 saturated heterocycles. The summed E-state index contributed by atoms with van der Waals surface area (Å²) >= 11 is 1.59. The van der Waals surface area contributed by atoms with E-state index in [4.69, 9.17) is 0 Å². The van der Waals surface area contributed by atoms with Gasteiger partial charge in [-0.2, -0.15) is 0 Å². The van der Waals surface area contributed by atoms with Gasteiger partial charge in [0.15, 0.2) is 0 Å². The van der Waals surface area contributed by atoms with Crippen molar-refractivity contribution in [3.8, 4) is 11.1 Å². The van der Waals surface area contributed by atoms with E-state index in [-0.39, 0.29) is 5.91 Å². The minimum Gasteiger partial charge on any atom is -0.369 e. The van der Waals surface area contributed by atoms with Crippen LogP contribution in [-0.2, 0) is 4.79 Å². The van der Waals surface area contributed by atoms with Crippen LogP contribution in [0.1, 0.15) is 6.42 Å². The number of nitrogens with zero attached hydrogens (tertiary/aromatic N) is 3. The highest BCUT2D eigenvalue weighted by atomic mass is 32.1. The van der Waals surface area contributed by atoms with E-state index >= 15 is 0 Å². The maximum absolute atomic E-state index is 12.4. The molecule has 0 aliphatic carbocycles. The Bertz CT molecular complexity index is 926. The molecule has 2 heterocycles. The maximum atomic E-state index is 12.4. The van der Waals surface area contributed by atoms with Crippen LogP contribution in [0, 0.1) is 0 Å². The number of thiophene rings is 1. The largest absolute Gasteiger partial charge is 0.369 e. The lowest BCUT2D eigenvalue weighted by atomic mass is 10.1. The summed E-state index contributed by atoms with van der Waals surface area (Å²) in [6.45, 7) is 8.94. The third kappa shape index (κ3) is 4.41. The van der Waals surface area contributed by atoms with Gasteiger partial charge in [0.25, 0.3) is 0 Å². The van der Waals surface area contributed by atoms with Crippen LogP contribution >= 0.6 is 11.3 Å². The molecule has 0 radical (unpaired) electrons. The van der Waals surface area contributed by atoms with E-state index in [9.17, 15) is 4.79 Å². The highest BCUT2D eigenvalue weighted by Gasteiger charge is 2.14. The van der Waals surface area contributed by atoms with Crippen molar-refractivity contribution in [2.24, 2.45) is 0 Å². The minimum atomic E-state index is 0.0567. The predicted molar refractivity (Wildman–Crippen MR) is 113 cm³/mol. The van der Waals surface area contributed by atoms with Crippen LogP contribution in [-0.4, -0.2) is 40.4 Å². The summed E-state index contributed by atoms with van der Waals surface area (Å²) < 4.78 is 0. The van der Waals surface area contributed by atoms with E-state index < -0.39 is 0 Å². The molecule has 0 spiro atoms. The molecule has 1 N–H and O–H groups in total. The number of carbonyl (C=O) groups excluding carboxylic acids is 1. The summed E-state index contributed by atoms with van der Waals surface area (Å²) in [7, 11) is 0. The van der Waals surface area contributed by atoms with Gasteiger partial charge in [-0.3, -0.25) is 4.79 Å². The Balaban J connectivity index is 1.76. The van der Waals surface area contributed by atoms with Gasteiger partial charge in [-0.05, 0) is 5.56 Å². The topological polar surface area (TPSA) is 58.1 Å². The van der Waals surface area contributed by atoms with E-state index in [2.05, 4.69) is 46.0 Å². The van der Waals surface area contributed by atoms with Crippen LogP contribution in [0.4, 0.5) is 5.82 Å². The molecule has 0 atom stereocenters. The first-order valence-electron chi connectivity index (χ1n) is 8.75. The first kappa shape index (κ1) is 18.8. The third-order valence-corrected chi connectivity index (χ3v) is 5.02. The molecule has 1 aromatic carbocycles. The van der Waals surface area contributed by atoms with Crippen molar-refractivity contribution < 1.29 is 4.79 Å². The van der Waals surface area contributed by atoms with E-state index in [0.29, 0.717) is 26.1 Å². The van der Waals surface area contributed by atoms with E-state index in [0.717, 1.165) is 27.2 Å². The zero-order chi connectivity index (χ0) is 19.1. The lowest BCUT2D eigenvalue weighted by molar-refractivity contribution is -0.129. The van der Waals surface area contributed by atoms with Gasteiger partial charge in [0.1, 0.15) is 17.0 Å². The second kappa shape index (κ2) is 9.09. The molecule has 2 aromatic heterocycles. The monoisotopic (exact) mass is 378 g/mol. The van der Waals surface area contributed by atoms with Crippen molar-refractivity contribution in [2.75, 3.05) is 25.0 Å². The molecule has 0 aliphatic rings. The van der Waals surface area contributed by atoms with Gasteiger partial charge < -0.3 is 10.2 Å². The highest BCUT2D eigenvalue weighted by Crippen LogP contribution is 2.36. The number of fused-ring (bicyclic) bond motifs is 1. The Morgan fingerprint density at radius 3 is 2.59 bits per heavy atom. The molecular formula is C21H22N4OS. The number of anilines is 1. The Morgan fingerprint density at radius 2 is 1.89 bits per heavy atom. The van der Waals surface area contributed by atoms with E-state index in [1.165, 1.54) is 0 Å². The normalized spacial score (nSPS) is 10.5. The van der Waals surface area contributed by atoms with Crippen molar-refractivity contribution in [1.82, 2.24) is 14.9 Å². The molecule has 0 saturated carbocycles. The number of benzene rings is 1. The first-order valence-corrected chi connectivity index (χ1v) is 9.63. The van der Waals surface area contributed by atoms with Crippen LogP contribution in [0.2, 0.25) is 0 Å². The minimum absolute atomic E-state index is 0.0567. The van der Waals surface area contributed by atoms with Gasteiger partial charge in [-0.25, -0.2) is 9.97 Å². The predicted octanol–water partition coefficient (Wildman–Crippen LogP) is 4.36. The van der Waals surface area contributed by atoms with Crippen LogP contribution < -0.4 is 5.32 Å². The number of hydrogen-bond acceptors (Lipinski definition) is 5. The van der Waals surface area contributed by atoms with Crippen LogP contribution in [0.25, 0.3) is 21.3 Å². The van der Waals surface area contributed by atoms with Crippen molar-refractivity contribution >= 4 is 33.3 Å². The van der Waals surface area contributed by atoms with E-state index in [1.54, 1.807) is 34.7 Å². The number of nitrogens with one attached hydrogen (secondary N) is 1. The summed E-state index contributed by atoms with van der Waals surface area (Å²) in [6.07, 6.45) is 5.37. The van der Waals surface area contributed by atoms with Gasteiger partial charge in [0.2, 0.25) is 5.91 Å². The Kier molecular flexibility index (Phi) is 6.33. The lowest BCUT2D eigenvalue weighted by Crippen LogP contribution is -2.32. The summed E-state index contributed by atoms with van der Waals surface area (Å²) in [5.41, 5.74) is 2.23. The van der Waals surface area contributed by atoms with Gasteiger partial charge >= 0.3 is 0 Å². The molecule has 138 valence electrons. The number of amides is 1. The SMILES string of the molecule is C=CCN(CC=C)C(=O)CCNc1ncnc2scc(-c3ccccc3)c12. The molecule has 1 amide bonds. The van der Waals surface area contributed by atoms with Crippen molar-refractivity contribution in [1.29, 1.82) is 0 Å². The molecule has 0 unspecified atom stereocenters. The number of rotatable bonds is 9. The summed E-state index contributed by atoms with van der Waals surface area (Å²) in [5, 5.41) is 6.40. The number of hydrogen-bond donors (Lipinski definition) is 1. The fraction of sp³-hybridized carbons (Fsp3) is 0.190. The van der Waals surface area contributed by atoms with E-state index in [1.807, 2.05) is 18.2 Å². The molecule has 5 nitrogen and oxygen atoms in total. The molecule has 27 heavy (non-hydrogen) atoms. The summed E-state index contributed by atoms with van der Waals surface area (Å²) in [6, 6.07) is 10.2. The zero-order valence-electron chi connectivity index (χ0n) is 15.1. The maximum Gasteiger partial charge on any atom is 0.224 e. The van der Waals surface area contributed by atoms with Crippen molar-refractivity contribution in [3.05, 3.63) is 67.3 Å². The van der Waals surface area contributed by atoms with Crippen molar-refractivity contribution in [2.45, 2.75) is 6.42 Å². The standard InChI is InChI=1S/C21H22N4OS/c1-3-12-25(13-4-2)18(26)10-11-22-20-19-17(16-8-6-5-7-9-16)14-27-21(19)24-15-23-20/h3-9,14-15H,1-2,10-13H2,(H,22,23,24). The smallest absolute Gasteiger partial charge is 0.224 e. The lowest BCUT2D eigenvalue weighted by Gasteiger charge is -2.19. The van der Waals surface area contributed by atoms with Crippen LogP contribution in [0.15, 0.2) is 67.3 Å². The second-order valence-electron chi connectivity index (χ2n) is 5.97. The molecule has 3 aromatic rings. The fourth-order valence-electron chi connectivity index (χ4n) is 2.88. The fourth-order valence-corrected chi connectivity index (χ4v) is 3.79. The second-order valence-corrected chi connectivity index (χ2v) is 6.83. The Morgan fingerprint density at radius 1 is 1.15 bits per heavy atom. The van der Waals surface area contributed by atoms with Gasteiger partial charge in [0.05, 0.1) is 5.39 Å². The van der Waals surface area contributed by atoms with Gasteiger partial charge in [-0.15, -0.1) is 24.5 Å². The molecule has 6 heteroatoms. The molecule has 0 aliphatic heterocycles. The molecule has 0 bridgehead atoms. The average Bonchev–Trinajstić information content (AvgIpc) is 3.13. The Hall–Kier alpha value is -2.99. The molecular weight excluding hydrogens is 356 g/mol. The summed E-state index contributed by atoms with van der Waals surface area (Å²) in [4.78, 5) is 23.8. The number of carbonyl (C=O) groups is 1. The average molecular weight is 379 g/mol. The first-order chi connectivity index (χ1) is 13.2. The quantitative estimate of drug-likeness (QED) is 0.562.